The van der Waals surface area contributed by atoms with E-state index in [4.69, 9.17) is 0 Å². The third kappa shape index (κ3) is 2.80. The van der Waals surface area contributed by atoms with Crippen LogP contribution in [0.5, 0.6) is 0 Å². The Labute approximate surface area is 99.7 Å². The molecule has 7 heteroatoms. The van der Waals surface area contributed by atoms with Gasteiger partial charge >= 0.3 is 0 Å². The van der Waals surface area contributed by atoms with Crippen molar-refractivity contribution < 1.29 is 13.2 Å². The molecule has 0 aromatic carbocycles. The van der Waals surface area contributed by atoms with Crippen LogP contribution in [0.1, 0.15) is 0 Å². The van der Waals surface area contributed by atoms with E-state index in [1.165, 1.54) is 4.31 Å². The molecule has 1 N–H and O–H groups in total. The normalized spacial score (nSPS) is 17.5. The van der Waals surface area contributed by atoms with Crippen LogP contribution in [-0.4, -0.2) is 43.0 Å². The van der Waals surface area contributed by atoms with Crippen LogP contribution in [-0.2, 0) is 14.8 Å². The third-order valence-electron chi connectivity index (χ3n) is 2.60. The van der Waals surface area contributed by atoms with Gasteiger partial charge in [0.1, 0.15) is 5.82 Å². The Morgan fingerprint density at radius 2 is 2.18 bits per heavy atom. The van der Waals surface area contributed by atoms with Gasteiger partial charge in [0.2, 0.25) is 15.9 Å². The molecule has 1 aromatic rings. The standard InChI is InChI=1S/C10H13N3O3S/c1-17(15,16)13-6-8(7-13)10(14)12-9-4-2-3-5-11-9/h2-5,8H,6-7H2,1H3,(H,11,12,14). The Morgan fingerprint density at radius 1 is 1.47 bits per heavy atom. The summed E-state index contributed by atoms with van der Waals surface area (Å²) < 4.78 is 23.5. The van der Waals surface area contributed by atoms with Gasteiger partial charge in [0.05, 0.1) is 12.2 Å². The molecule has 1 fully saturated rings. The Hall–Kier alpha value is -1.47. The molecule has 1 aromatic heterocycles. The van der Waals surface area contributed by atoms with Gasteiger partial charge in [-0.15, -0.1) is 0 Å². The van der Waals surface area contributed by atoms with Crippen molar-refractivity contribution in [2.75, 3.05) is 24.7 Å². The largest absolute Gasteiger partial charge is 0.310 e. The van der Waals surface area contributed by atoms with Gasteiger partial charge in [-0.25, -0.2) is 17.7 Å². The van der Waals surface area contributed by atoms with Crippen LogP contribution in [0.3, 0.4) is 0 Å². The predicted molar refractivity (Wildman–Crippen MR) is 62.8 cm³/mol. The molecule has 2 heterocycles. The van der Waals surface area contributed by atoms with E-state index in [2.05, 4.69) is 10.3 Å². The quantitative estimate of drug-likeness (QED) is 0.818. The van der Waals surface area contributed by atoms with Crippen LogP contribution in [0.2, 0.25) is 0 Å². The number of amides is 1. The fraction of sp³-hybridized carbons (Fsp3) is 0.400. The number of nitrogens with zero attached hydrogens (tertiary/aromatic N) is 2. The first-order valence-corrected chi connectivity index (χ1v) is 6.98. The van der Waals surface area contributed by atoms with E-state index in [9.17, 15) is 13.2 Å². The van der Waals surface area contributed by atoms with Gasteiger partial charge in [-0.2, -0.15) is 0 Å². The summed E-state index contributed by atoms with van der Waals surface area (Å²) in [5.74, 6) is 0.00522. The Bertz CT molecular complexity index is 509. The number of pyridine rings is 1. The highest BCUT2D eigenvalue weighted by atomic mass is 32.2. The van der Waals surface area contributed by atoms with E-state index in [1.54, 1.807) is 24.4 Å². The minimum atomic E-state index is -3.17. The Balaban J connectivity index is 1.88. The van der Waals surface area contributed by atoms with E-state index in [0.29, 0.717) is 5.82 Å². The fourth-order valence-electron chi connectivity index (χ4n) is 1.54. The molecule has 0 saturated carbocycles. The second-order valence-corrected chi connectivity index (χ2v) is 5.96. The molecule has 2 rings (SSSR count). The zero-order valence-corrected chi connectivity index (χ0v) is 10.1. The average molecular weight is 255 g/mol. The second-order valence-electron chi connectivity index (χ2n) is 3.98. The van der Waals surface area contributed by atoms with Crippen molar-refractivity contribution in [2.45, 2.75) is 0 Å². The first-order valence-electron chi connectivity index (χ1n) is 5.14. The maximum atomic E-state index is 11.7. The van der Waals surface area contributed by atoms with Crippen LogP contribution in [0, 0.1) is 5.92 Å². The monoisotopic (exact) mass is 255 g/mol. The summed E-state index contributed by atoms with van der Waals surface area (Å²) in [6.45, 7) is 0.495. The topological polar surface area (TPSA) is 79.4 Å². The van der Waals surface area contributed by atoms with Gasteiger partial charge in [0, 0.05) is 19.3 Å². The lowest BCUT2D eigenvalue weighted by Crippen LogP contribution is -2.53. The molecule has 0 unspecified atom stereocenters. The van der Waals surface area contributed by atoms with E-state index in [-0.39, 0.29) is 24.9 Å². The van der Waals surface area contributed by atoms with E-state index >= 15 is 0 Å². The molecule has 1 aliphatic rings. The lowest BCUT2D eigenvalue weighted by Gasteiger charge is -2.35. The number of hydrogen-bond donors (Lipinski definition) is 1. The smallest absolute Gasteiger partial charge is 0.231 e. The summed E-state index contributed by atoms with van der Waals surface area (Å²) >= 11 is 0. The van der Waals surface area contributed by atoms with Crippen LogP contribution in [0.15, 0.2) is 24.4 Å². The SMILES string of the molecule is CS(=O)(=O)N1CC(C(=O)Nc2ccccn2)C1. The molecular weight excluding hydrogens is 242 g/mol. The first kappa shape index (κ1) is 12.0. The van der Waals surface area contributed by atoms with Gasteiger partial charge in [-0.1, -0.05) is 6.07 Å². The number of nitrogens with one attached hydrogen (secondary N) is 1. The molecule has 0 spiro atoms. The van der Waals surface area contributed by atoms with Crippen molar-refractivity contribution in [2.24, 2.45) is 5.92 Å². The summed E-state index contributed by atoms with van der Waals surface area (Å²) in [5.41, 5.74) is 0. The van der Waals surface area contributed by atoms with Gasteiger partial charge in [0.25, 0.3) is 0 Å². The number of carbonyl (C=O) groups is 1. The van der Waals surface area contributed by atoms with Crippen LogP contribution in [0.4, 0.5) is 5.82 Å². The molecular formula is C10H13N3O3S. The third-order valence-corrected chi connectivity index (χ3v) is 3.84. The highest BCUT2D eigenvalue weighted by molar-refractivity contribution is 7.88. The summed E-state index contributed by atoms with van der Waals surface area (Å²) in [7, 11) is -3.17. The summed E-state index contributed by atoms with van der Waals surface area (Å²) in [5, 5.41) is 2.64. The van der Waals surface area contributed by atoms with Gasteiger partial charge in [-0.3, -0.25) is 4.79 Å². The molecule has 1 aliphatic heterocycles. The number of carbonyl (C=O) groups excluding carboxylic acids is 1. The first-order chi connectivity index (χ1) is 7.97. The Kier molecular flexibility index (Phi) is 3.12. The molecule has 0 radical (unpaired) electrons. The average Bonchev–Trinajstić information content (AvgIpc) is 2.14. The number of anilines is 1. The number of aromatic nitrogens is 1. The van der Waals surface area contributed by atoms with Crippen LogP contribution < -0.4 is 5.32 Å². The van der Waals surface area contributed by atoms with Crippen molar-refractivity contribution in [1.82, 2.24) is 9.29 Å². The predicted octanol–water partition coefficient (Wildman–Crippen LogP) is -0.0885. The minimum absolute atomic E-state index is 0.191. The number of hydrogen-bond acceptors (Lipinski definition) is 4. The molecule has 1 saturated heterocycles. The lowest BCUT2D eigenvalue weighted by molar-refractivity contribution is -0.122. The van der Waals surface area contributed by atoms with Crippen LogP contribution in [0.25, 0.3) is 0 Å². The van der Waals surface area contributed by atoms with Crippen molar-refractivity contribution in [3.8, 4) is 0 Å². The van der Waals surface area contributed by atoms with Gasteiger partial charge in [0.15, 0.2) is 0 Å². The minimum Gasteiger partial charge on any atom is -0.310 e. The Morgan fingerprint density at radius 3 is 2.71 bits per heavy atom. The zero-order chi connectivity index (χ0) is 12.5. The number of sulfonamides is 1. The molecule has 1 amide bonds. The van der Waals surface area contributed by atoms with Gasteiger partial charge in [-0.05, 0) is 12.1 Å². The second kappa shape index (κ2) is 4.42. The fourth-order valence-corrected chi connectivity index (χ4v) is 2.44. The maximum absolute atomic E-state index is 11.7. The van der Waals surface area contributed by atoms with Crippen molar-refractivity contribution in [3.05, 3.63) is 24.4 Å². The molecule has 0 bridgehead atoms. The van der Waals surface area contributed by atoms with Crippen LogP contribution >= 0.6 is 0 Å². The molecule has 92 valence electrons. The molecule has 6 nitrogen and oxygen atoms in total. The van der Waals surface area contributed by atoms with E-state index in [0.717, 1.165) is 6.26 Å². The summed E-state index contributed by atoms with van der Waals surface area (Å²) in [4.78, 5) is 15.7. The zero-order valence-electron chi connectivity index (χ0n) is 9.33. The van der Waals surface area contributed by atoms with Crippen molar-refractivity contribution >= 4 is 21.7 Å². The van der Waals surface area contributed by atoms with Crippen molar-refractivity contribution in [3.63, 3.8) is 0 Å². The maximum Gasteiger partial charge on any atom is 0.231 e. The number of rotatable bonds is 3. The van der Waals surface area contributed by atoms with Crippen molar-refractivity contribution in [1.29, 1.82) is 0 Å². The van der Waals surface area contributed by atoms with E-state index < -0.39 is 10.0 Å². The molecule has 0 atom stereocenters. The molecule has 17 heavy (non-hydrogen) atoms. The molecule has 0 aliphatic carbocycles. The van der Waals surface area contributed by atoms with Gasteiger partial charge < -0.3 is 5.32 Å². The summed E-state index contributed by atoms with van der Waals surface area (Å²) in [6, 6.07) is 5.21. The highest BCUT2D eigenvalue weighted by Gasteiger charge is 2.37. The summed E-state index contributed by atoms with van der Waals surface area (Å²) in [6.07, 6.45) is 2.72. The van der Waals surface area contributed by atoms with E-state index in [1.807, 2.05) is 0 Å². The highest BCUT2D eigenvalue weighted by Crippen LogP contribution is 2.19. The lowest BCUT2D eigenvalue weighted by atomic mass is 10.0.